The summed E-state index contributed by atoms with van der Waals surface area (Å²) in [7, 11) is 0. The third-order valence-electron chi connectivity index (χ3n) is 0.971. The standard InChI is InChI=1S/C6H12/c1-5(2)6(3)4/h5-6H,1,3H2,2,4H3/q+2. The average molecular weight is 84.2 g/mol. The van der Waals surface area contributed by atoms with Crippen LogP contribution in [-0.2, 0) is 0 Å². The van der Waals surface area contributed by atoms with E-state index >= 15 is 0 Å². The van der Waals surface area contributed by atoms with Gasteiger partial charge in [-0.1, -0.05) is 0 Å². The molecule has 34 valence electrons. The fraction of sp³-hybridized carbons (Fsp3) is 0.667. The van der Waals surface area contributed by atoms with E-state index in [1.165, 1.54) is 0 Å². The van der Waals surface area contributed by atoms with Gasteiger partial charge in [0.15, 0.2) is 0 Å². The highest BCUT2D eigenvalue weighted by Crippen LogP contribution is 2.04. The zero-order valence-corrected chi connectivity index (χ0v) is 4.57. The maximum absolute atomic E-state index is 3.78. The molecule has 0 saturated carbocycles. The second kappa shape index (κ2) is 2.01. The highest BCUT2D eigenvalue weighted by molar-refractivity contribution is 4.63. The summed E-state index contributed by atoms with van der Waals surface area (Å²) >= 11 is 0. The monoisotopic (exact) mass is 84.1 g/mol. The Morgan fingerprint density at radius 1 is 1.00 bits per heavy atom. The van der Waals surface area contributed by atoms with E-state index in [1.54, 1.807) is 0 Å². The summed E-state index contributed by atoms with van der Waals surface area (Å²) in [5, 5.41) is 0. The molecule has 0 radical (unpaired) electrons. The Hall–Kier alpha value is -0.260. The first-order valence-corrected chi connectivity index (χ1v) is 2.30. The average Bonchev–Trinajstić information content (AvgIpc) is 1.36. The summed E-state index contributed by atoms with van der Waals surface area (Å²) in [4.78, 5) is 0. The molecule has 0 spiro atoms. The Bertz CT molecular complexity index is 21.0. The van der Waals surface area contributed by atoms with Gasteiger partial charge in [-0.25, -0.2) is 0 Å². The molecular weight excluding hydrogens is 72.1 g/mol. The summed E-state index contributed by atoms with van der Waals surface area (Å²) in [5.74, 6) is 0.981. The maximum atomic E-state index is 3.78. The molecule has 0 N–H and O–H groups in total. The Morgan fingerprint density at radius 2 is 1.17 bits per heavy atom. The van der Waals surface area contributed by atoms with Crippen LogP contribution in [-0.4, -0.2) is 0 Å². The van der Waals surface area contributed by atoms with Crippen LogP contribution in [0.5, 0.6) is 0 Å². The summed E-state index contributed by atoms with van der Waals surface area (Å²) < 4.78 is 0. The van der Waals surface area contributed by atoms with Crippen LogP contribution < -0.4 is 0 Å². The molecule has 0 aromatic rings. The predicted molar refractivity (Wildman–Crippen MR) is 29.0 cm³/mol. The van der Waals surface area contributed by atoms with E-state index in [9.17, 15) is 0 Å². The molecule has 0 saturated heterocycles. The first-order valence-electron chi connectivity index (χ1n) is 2.30. The van der Waals surface area contributed by atoms with Gasteiger partial charge in [0.2, 0.25) is 0 Å². The van der Waals surface area contributed by atoms with Crippen molar-refractivity contribution in [2.45, 2.75) is 13.8 Å². The van der Waals surface area contributed by atoms with Gasteiger partial charge in [0, 0.05) is 0 Å². The Morgan fingerprint density at radius 3 is 1.17 bits per heavy atom. The number of rotatable bonds is 1. The van der Waals surface area contributed by atoms with E-state index in [-0.39, 0.29) is 0 Å². The van der Waals surface area contributed by atoms with Gasteiger partial charge in [-0.05, 0) is 13.8 Å². The summed E-state index contributed by atoms with van der Waals surface area (Å²) in [5.41, 5.74) is 0. The van der Waals surface area contributed by atoms with Crippen LogP contribution in [0.25, 0.3) is 0 Å². The van der Waals surface area contributed by atoms with E-state index in [2.05, 4.69) is 27.7 Å². The van der Waals surface area contributed by atoms with Crippen molar-refractivity contribution in [3.05, 3.63) is 13.8 Å². The normalized spacial score (nSPS) is 19.7. The third kappa shape index (κ3) is 2.01. The van der Waals surface area contributed by atoms with Crippen LogP contribution in [0.15, 0.2) is 0 Å². The van der Waals surface area contributed by atoms with Crippen LogP contribution in [0, 0.1) is 25.7 Å². The molecule has 0 aromatic carbocycles. The second-order valence-electron chi connectivity index (χ2n) is 1.95. The maximum Gasteiger partial charge on any atom is 0.135 e. The molecule has 0 aliphatic rings. The lowest BCUT2D eigenvalue weighted by molar-refractivity contribution is 0.551. The van der Waals surface area contributed by atoms with Crippen molar-refractivity contribution in [1.29, 1.82) is 0 Å². The van der Waals surface area contributed by atoms with Gasteiger partial charge in [-0.15, -0.1) is 0 Å². The van der Waals surface area contributed by atoms with Gasteiger partial charge in [-0.2, -0.15) is 0 Å². The van der Waals surface area contributed by atoms with Gasteiger partial charge < -0.3 is 0 Å². The van der Waals surface area contributed by atoms with E-state index in [1.807, 2.05) is 0 Å². The fourth-order valence-corrected chi connectivity index (χ4v) is 0. The van der Waals surface area contributed by atoms with Gasteiger partial charge in [0.25, 0.3) is 0 Å². The lowest BCUT2D eigenvalue weighted by Crippen LogP contribution is -1.96. The van der Waals surface area contributed by atoms with Gasteiger partial charge in [-0.3, -0.25) is 0 Å². The topological polar surface area (TPSA) is 0 Å². The molecule has 0 fully saturated rings. The molecule has 0 heteroatoms. The smallest absolute Gasteiger partial charge is 0.0171 e. The highest BCUT2D eigenvalue weighted by atomic mass is 14.0. The minimum absolute atomic E-state index is 0.491. The Kier molecular flexibility index (Phi) is 1.93. The van der Waals surface area contributed by atoms with Crippen molar-refractivity contribution in [3.63, 3.8) is 0 Å². The molecular formula is C6H12+2. The van der Waals surface area contributed by atoms with Crippen molar-refractivity contribution < 1.29 is 0 Å². The van der Waals surface area contributed by atoms with Gasteiger partial charge in [0.1, 0.15) is 11.8 Å². The molecule has 0 heterocycles. The Labute approximate surface area is 40.6 Å². The molecule has 2 unspecified atom stereocenters. The first kappa shape index (κ1) is 5.74. The minimum Gasteiger partial charge on any atom is -0.0171 e. The van der Waals surface area contributed by atoms with Crippen LogP contribution in [0.4, 0.5) is 0 Å². The van der Waals surface area contributed by atoms with Crippen LogP contribution >= 0.6 is 0 Å². The SMILES string of the molecule is [CH2+]C(C)C([CH2+])C. The van der Waals surface area contributed by atoms with Crippen LogP contribution in [0.2, 0.25) is 0 Å². The molecule has 0 amide bonds. The first-order chi connectivity index (χ1) is 2.64. The molecule has 6 heavy (non-hydrogen) atoms. The lowest BCUT2D eigenvalue weighted by atomic mass is 10.0. The zero-order valence-electron chi connectivity index (χ0n) is 4.57. The molecule has 2 atom stereocenters. The Balaban J connectivity index is 2.99. The van der Waals surface area contributed by atoms with Crippen molar-refractivity contribution in [1.82, 2.24) is 0 Å². The van der Waals surface area contributed by atoms with E-state index in [4.69, 9.17) is 0 Å². The summed E-state index contributed by atoms with van der Waals surface area (Å²) in [6.07, 6.45) is 0. The number of hydrogen-bond donors (Lipinski definition) is 0. The second-order valence-corrected chi connectivity index (χ2v) is 1.95. The summed E-state index contributed by atoms with van der Waals surface area (Å²) in [6, 6.07) is 0. The molecule has 0 aromatic heterocycles. The van der Waals surface area contributed by atoms with Crippen molar-refractivity contribution in [2.24, 2.45) is 11.8 Å². The van der Waals surface area contributed by atoms with Gasteiger partial charge >= 0.3 is 0 Å². The van der Waals surface area contributed by atoms with Crippen molar-refractivity contribution in [2.75, 3.05) is 0 Å². The fourth-order valence-electron chi connectivity index (χ4n) is 0. The zero-order chi connectivity index (χ0) is 5.15. The largest absolute Gasteiger partial charge is 0.135 e. The highest BCUT2D eigenvalue weighted by Gasteiger charge is 2.10. The minimum atomic E-state index is 0.491. The molecule has 0 nitrogen and oxygen atoms in total. The molecule has 0 aliphatic heterocycles. The van der Waals surface area contributed by atoms with E-state index in [0.717, 1.165) is 0 Å². The molecule has 0 aliphatic carbocycles. The van der Waals surface area contributed by atoms with Crippen molar-refractivity contribution >= 4 is 0 Å². The predicted octanol–water partition coefficient (Wildman–Crippen LogP) is 1.93. The van der Waals surface area contributed by atoms with Crippen LogP contribution in [0.3, 0.4) is 0 Å². The van der Waals surface area contributed by atoms with E-state index < -0.39 is 0 Å². The molecule has 0 rings (SSSR count). The quantitative estimate of drug-likeness (QED) is 0.426. The molecule has 0 bridgehead atoms. The van der Waals surface area contributed by atoms with Gasteiger partial charge in [0.05, 0.1) is 13.8 Å². The van der Waals surface area contributed by atoms with E-state index in [0.29, 0.717) is 11.8 Å². The lowest BCUT2D eigenvalue weighted by Gasteiger charge is -1.90. The number of hydrogen-bond acceptors (Lipinski definition) is 0. The summed E-state index contributed by atoms with van der Waals surface area (Å²) in [6.45, 7) is 11.7. The third-order valence-corrected chi connectivity index (χ3v) is 0.971. The van der Waals surface area contributed by atoms with Crippen molar-refractivity contribution in [3.8, 4) is 0 Å². The van der Waals surface area contributed by atoms with Crippen LogP contribution in [0.1, 0.15) is 13.8 Å².